The van der Waals surface area contributed by atoms with Gasteiger partial charge in [-0.1, -0.05) is 0 Å². The predicted molar refractivity (Wildman–Crippen MR) is 56.8 cm³/mol. The minimum atomic E-state index is 0.225. The second kappa shape index (κ2) is 5.50. The lowest BCUT2D eigenvalue weighted by atomic mass is 10.2. The lowest BCUT2D eigenvalue weighted by molar-refractivity contribution is -0.129. The maximum absolute atomic E-state index is 11.7. The highest BCUT2D eigenvalue weighted by Crippen LogP contribution is 2.27. The van der Waals surface area contributed by atoms with Gasteiger partial charge in [-0.2, -0.15) is 0 Å². The summed E-state index contributed by atoms with van der Waals surface area (Å²) in [4.78, 5) is 13.5. The Bertz CT molecular complexity index is 169. The summed E-state index contributed by atoms with van der Waals surface area (Å²) in [5.74, 6) is 1.43. The van der Waals surface area contributed by atoms with Crippen molar-refractivity contribution in [1.29, 1.82) is 0 Å². The van der Waals surface area contributed by atoms with Crippen LogP contribution in [0.15, 0.2) is 0 Å². The van der Waals surface area contributed by atoms with Crippen LogP contribution in [0.3, 0.4) is 0 Å². The minimum absolute atomic E-state index is 0.225. The molecule has 13 heavy (non-hydrogen) atoms. The molecule has 0 bridgehead atoms. The van der Waals surface area contributed by atoms with E-state index in [0.717, 1.165) is 25.1 Å². The van der Waals surface area contributed by atoms with Gasteiger partial charge in [-0.25, -0.2) is 0 Å². The van der Waals surface area contributed by atoms with Crippen molar-refractivity contribution >= 4 is 17.7 Å². The maximum Gasteiger partial charge on any atom is 0.235 e. The summed E-state index contributed by atoms with van der Waals surface area (Å²) in [6.07, 6.45) is 3.14. The molecular weight excluding hydrogens is 184 g/mol. The smallest absolute Gasteiger partial charge is 0.235 e. The zero-order valence-electron chi connectivity index (χ0n) is 8.16. The van der Waals surface area contributed by atoms with E-state index in [-0.39, 0.29) is 11.2 Å². The molecule has 3 nitrogen and oxygen atoms in total. The number of nitrogens with zero attached hydrogens (tertiary/aromatic N) is 1. The Morgan fingerprint density at radius 1 is 1.69 bits per heavy atom. The van der Waals surface area contributed by atoms with Crippen molar-refractivity contribution in [2.45, 2.75) is 24.5 Å². The lowest BCUT2D eigenvalue weighted by Crippen LogP contribution is -2.35. The van der Waals surface area contributed by atoms with E-state index < -0.39 is 0 Å². The summed E-state index contributed by atoms with van der Waals surface area (Å²) in [7, 11) is 1.87. The molecule has 4 heteroatoms. The molecule has 1 fully saturated rings. The van der Waals surface area contributed by atoms with Crippen LogP contribution < -0.4 is 5.73 Å². The van der Waals surface area contributed by atoms with Crippen LogP contribution in [0.2, 0.25) is 0 Å². The summed E-state index contributed by atoms with van der Waals surface area (Å²) in [6.45, 7) is 1.46. The fourth-order valence-electron chi connectivity index (χ4n) is 1.46. The molecule has 1 rings (SSSR count). The molecule has 0 aromatic rings. The van der Waals surface area contributed by atoms with Gasteiger partial charge in [-0.3, -0.25) is 4.79 Å². The van der Waals surface area contributed by atoms with Gasteiger partial charge in [0.25, 0.3) is 0 Å². The number of carbonyl (C=O) groups excluding carboxylic acids is 1. The summed E-state index contributed by atoms with van der Waals surface area (Å²) < 4.78 is 0. The first-order chi connectivity index (χ1) is 6.25. The van der Waals surface area contributed by atoms with Crippen LogP contribution in [0.4, 0.5) is 0 Å². The Morgan fingerprint density at radius 3 is 3.00 bits per heavy atom. The average Bonchev–Trinajstić information content (AvgIpc) is 2.65. The molecule has 0 aromatic heterocycles. The van der Waals surface area contributed by atoms with E-state index in [4.69, 9.17) is 5.73 Å². The molecule has 1 aliphatic heterocycles. The first kappa shape index (κ1) is 10.9. The summed E-state index contributed by atoms with van der Waals surface area (Å²) >= 11 is 1.79. The van der Waals surface area contributed by atoms with Gasteiger partial charge in [0, 0.05) is 13.6 Å². The Balaban J connectivity index is 2.28. The third-order valence-electron chi connectivity index (χ3n) is 2.28. The van der Waals surface area contributed by atoms with E-state index in [1.807, 2.05) is 11.9 Å². The van der Waals surface area contributed by atoms with Crippen LogP contribution in [0.1, 0.15) is 19.3 Å². The molecule has 1 aliphatic rings. The highest BCUT2D eigenvalue weighted by atomic mass is 32.2. The Labute approximate surface area is 84.0 Å². The molecular formula is C9H18N2OS. The second-order valence-corrected chi connectivity index (χ2v) is 4.71. The number of amides is 1. The Morgan fingerprint density at radius 2 is 2.46 bits per heavy atom. The number of hydrogen-bond donors (Lipinski definition) is 1. The van der Waals surface area contributed by atoms with Crippen LogP contribution in [0.5, 0.6) is 0 Å². The Kier molecular flexibility index (Phi) is 4.59. The highest BCUT2D eigenvalue weighted by molar-refractivity contribution is 8.00. The van der Waals surface area contributed by atoms with Gasteiger partial charge in [-0.15, -0.1) is 11.8 Å². The largest absolute Gasteiger partial charge is 0.345 e. The molecule has 1 saturated heterocycles. The zero-order chi connectivity index (χ0) is 9.68. The third-order valence-corrected chi connectivity index (χ3v) is 3.64. The quantitative estimate of drug-likeness (QED) is 0.729. The van der Waals surface area contributed by atoms with Crippen molar-refractivity contribution in [3.05, 3.63) is 0 Å². The van der Waals surface area contributed by atoms with Gasteiger partial charge in [0.05, 0.1) is 5.25 Å². The van der Waals surface area contributed by atoms with E-state index in [1.54, 1.807) is 11.8 Å². The van der Waals surface area contributed by atoms with Crippen molar-refractivity contribution < 1.29 is 4.79 Å². The van der Waals surface area contributed by atoms with Crippen molar-refractivity contribution in [1.82, 2.24) is 4.90 Å². The van der Waals surface area contributed by atoms with Crippen LogP contribution in [0.25, 0.3) is 0 Å². The molecule has 1 atom stereocenters. The van der Waals surface area contributed by atoms with E-state index in [0.29, 0.717) is 6.54 Å². The zero-order valence-corrected chi connectivity index (χ0v) is 8.98. The van der Waals surface area contributed by atoms with Gasteiger partial charge >= 0.3 is 0 Å². The Hall–Kier alpha value is -0.220. The summed E-state index contributed by atoms with van der Waals surface area (Å²) in [5, 5.41) is 0.225. The van der Waals surface area contributed by atoms with Crippen LogP contribution in [0, 0.1) is 0 Å². The normalized spacial score (nSPS) is 21.8. The van der Waals surface area contributed by atoms with Crippen LogP contribution in [-0.4, -0.2) is 41.9 Å². The second-order valence-electron chi connectivity index (χ2n) is 3.40. The third kappa shape index (κ3) is 3.19. The fraction of sp³-hybridized carbons (Fsp3) is 0.889. The molecule has 0 aliphatic carbocycles. The van der Waals surface area contributed by atoms with Gasteiger partial charge in [0.2, 0.25) is 5.91 Å². The number of nitrogens with two attached hydrogens (primary N) is 1. The number of rotatable bonds is 4. The average molecular weight is 202 g/mol. The highest BCUT2D eigenvalue weighted by Gasteiger charge is 2.25. The predicted octanol–water partition coefficient (Wildman–Crippen LogP) is 0.689. The van der Waals surface area contributed by atoms with Gasteiger partial charge in [0.15, 0.2) is 0 Å². The molecule has 1 heterocycles. The van der Waals surface area contributed by atoms with Gasteiger partial charge in [0.1, 0.15) is 0 Å². The van der Waals surface area contributed by atoms with Gasteiger partial charge in [-0.05, 0) is 31.6 Å². The maximum atomic E-state index is 11.7. The van der Waals surface area contributed by atoms with Crippen LogP contribution >= 0.6 is 11.8 Å². The topological polar surface area (TPSA) is 46.3 Å². The molecule has 0 saturated carbocycles. The number of carbonyl (C=O) groups is 1. The van der Waals surface area contributed by atoms with Crippen molar-refractivity contribution in [2.24, 2.45) is 5.73 Å². The first-order valence-corrected chi connectivity index (χ1v) is 5.87. The number of hydrogen-bond acceptors (Lipinski definition) is 3. The molecule has 1 amide bonds. The summed E-state index contributed by atoms with van der Waals surface area (Å²) in [5.41, 5.74) is 5.39. The van der Waals surface area contributed by atoms with Crippen molar-refractivity contribution in [3.8, 4) is 0 Å². The van der Waals surface area contributed by atoms with Gasteiger partial charge < -0.3 is 10.6 Å². The van der Waals surface area contributed by atoms with E-state index in [9.17, 15) is 4.79 Å². The van der Waals surface area contributed by atoms with Crippen LogP contribution in [-0.2, 0) is 4.79 Å². The molecule has 0 radical (unpaired) electrons. The van der Waals surface area contributed by atoms with E-state index >= 15 is 0 Å². The number of thioether (sulfide) groups is 1. The molecule has 1 unspecified atom stereocenters. The first-order valence-electron chi connectivity index (χ1n) is 4.82. The van der Waals surface area contributed by atoms with Crippen molar-refractivity contribution in [3.63, 3.8) is 0 Å². The fourth-order valence-corrected chi connectivity index (χ4v) is 2.73. The minimum Gasteiger partial charge on any atom is -0.345 e. The molecule has 76 valence electrons. The van der Waals surface area contributed by atoms with E-state index in [1.165, 1.54) is 6.42 Å². The SMILES string of the molecule is CN(CCCN)C(=O)C1CCCS1. The lowest BCUT2D eigenvalue weighted by Gasteiger charge is -2.19. The monoisotopic (exact) mass is 202 g/mol. The van der Waals surface area contributed by atoms with E-state index in [2.05, 4.69) is 0 Å². The van der Waals surface area contributed by atoms with Crippen molar-refractivity contribution in [2.75, 3.05) is 25.9 Å². The molecule has 0 aromatic carbocycles. The summed E-state index contributed by atoms with van der Waals surface area (Å²) in [6, 6.07) is 0. The molecule has 0 spiro atoms. The molecule has 2 N–H and O–H groups in total. The standard InChI is InChI=1S/C9H18N2OS/c1-11(6-3-5-10)9(12)8-4-2-7-13-8/h8H,2-7,10H2,1H3.